The van der Waals surface area contributed by atoms with Crippen LogP contribution in [-0.2, 0) is 11.3 Å². The fourth-order valence-electron chi connectivity index (χ4n) is 2.29. The smallest absolute Gasteiger partial charge is 0.222 e. The van der Waals surface area contributed by atoms with Crippen molar-refractivity contribution < 1.29 is 4.74 Å². The maximum absolute atomic E-state index is 5.81. The van der Waals surface area contributed by atoms with Crippen molar-refractivity contribution in [3.05, 3.63) is 47.4 Å². The lowest BCUT2D eigenvalue weighted by molar-refractivity contribution is 0.0342. The lowest BCUT2D eigenvalue weighted by Gasteiger charge is -2.26. The average Bonchev–Trinajstić information content (AvgIpc) is 2.49. The Morgan fingerprint density at radius 2 is 1.85 bits per heavy atom. The van der Waals surface area contributed by atoms with Crippen LogP contribution in [0.3, 0.4) is 0 Å². The molecule has 1 aromatic heterocycles. The van der Waals surface area contributed by atoms with Crippen LogP contribution in [0.4, 0.5) is 0 Å². The predicted molar refractivity (Wildman–Crippen MR) is 78.6 cm³/mol. The molecule has 0 N–H and O–H groups in total. The van der Waals surface area contributed by atoms with E-state index in [1.807, 2.05) is 6.07 Å². The van der Waals surface area contributed by atoms with Gasteiger partial charge >= 0.3 is 0 Å². The molecule has 0 saturated carbocycles. The minimum Gasteiger partial charge on any atom is -0.379 e. The number of morpholine rings is 1. The van der Waals surface area contributed by atoms with Gasteiger partial charge in [-0.2, -0.15) is 0 Å². The Bertz CT molecular complexity index is 568. The van der Waals surface area contributed by atoms with Crippen molar-refractivity contribution in [2.75, 3.05) is 26.3 Å². The monoisotopic (exact) mass is 289 g/mol. The van der Waals surface area contributed by atoms with Gasteiger partial charge in [0.2, 0.25) is 5.28 Å². The SMILES string of the molecule is Clc1nccc(-c2ccc(CN3CCOCC3)cc2)n1. The Balaban J connectivity index is 1.71. The molecule has 1 fully saturated rings. The van der Waals surface area contributed by atoms with Crippen molar-refractivity contribution >= 4 is 11.6 Å². The van der Waals surface area contributed by atoms with Crippen LogP contribution < -0.4 is 0 Å². The molecule has 2 aromatic rings. The number of hydrogen-bond donors (Lipinski definition) is 0. The average molecular weight is 290 g/mol. The van der Waals surface area contributed by atoms with E-state index in [9.17, 15) is 0 Å². The van der Waals surface area contributed by atoms with Crippen molar-refractivity contribution in [3.63, 3.8) is 0 Å². The molecule has 0 unspecified atom stereocenters. The van der Waals surface area contributed by atoms with Gasteiger partial charge in [0.05, 0.1) is 18.9 Å². The summed E-state index contributed by atoms with van der Waals surface area (Å²) in [5, 5.41) is 0.278. The van der Waals surface area contributed by atoms with Crippen molar-refractivity contribution in [1.29, 1.82) is 0 Å². The van der Waals surface area contributed by atoms with E-state index in [-0.39, 0.29) is 5.28 Å². The number of halogens is 1. The quantitative estimate of drug-likeness (QED) is 0.814. The Morgan fingerprint density at radius 1 is 1.10 bits per heavy atom. The van der Waals surface area contributed by atoms with E-state index in [2.05, 4.69) is 39.1 Å². The molecule has 5 heteroatoms. The van der Waals surface area contributed by atoms with Crippen molar-refractivity contribution in [2.24, 2.45) is 0 Å². The van der Waals surface area contributed by atoms with Crippen LogP contribution in [0.1, 0.15) is 5.56 Å². The van der Waals surface area contributed by atoms with Crippen LogP contribution >= 0.6 is 11.6 Å². The number of rotatable bonds is 3. The summed E-state index contributed by atoms with van der Waals surface area (Å²) in [4.78, 5) is 10.5. The highest BCUT2D eigenvalue weighted by Gasteiger charge is 2.10. The molecular formula is C15H16ClN3O. The summed E-state index contributed by atoms with van der Waals surface area (Å²) in [6, 6.07) is 10.3. The summed E-state index contributed by atoms with van der Waals surface area (Å²) < 4.78 is 5.36. The second-order valence-corrected chi connectivity index (χ2v) is 5.13. The van der Waals surface area contributed by atoms with Crippen LogP contribution in [0.2, 0.25) is 5.28 Å². The highest BCUT2D eigenvalue weighted by Crippen LogP contribution is 2.19. The summed E-state index contributed by atoms with van der Waals surface area (Å²) in [5.41, 5.74) is 3.21. The minimum atomic E-state index is 0.278. The minimum absolute atomic E-state index is 0.278. The normalized spacial score (nSPS) is 16.2. The zero-order valence-corrected chi connectivity index (χ0v) is 11.9. The molecule has 4 nitrogen and oxygen atoms in total. The van der Waals surface area contributed by atoms with Gasteiger partial charge in [-0.25, -0.2) is 9.97 Å². The van der Waals surface area contributed by atoms with Crippen LogP contribution in [0.15, 0.2) is 36.5 Å². The number of hydrogen-bond acceptors (Lipinski definition) is 4. The van der Waals surface area contributed by atoms with Gasteiger partial charge in [-0.3, -0.25) is 4.90 Å². The molecule has 0 bridgehead atoms. The molecule has 2 heterocycles. The molecular weight excluding hydrogens is 274 g/mol. The van der Waals surface area contributed by atoms with Crippen molar-refractivity contribution in [1.82, 2.24) is 14.9 Å². The molecule has 20 heavy (non-hydrogen) atoms. The highest BCUT2D eigenvalue weighted by molar-refractivity contribution is 6.28. The number of aromatic nitrogens is 2. The van der Waals surface area contributed by atoms with Crippen LogP contribution in [0.25, 0.3) is 11.3 Å². The van der Waals surface area contributed by atoms with Gasteiger partial charge in [-0.05, 0) is 23.2 Å². The molecule has 0 aliphatic carbocycles. The summed E-state index contributed by atoms with van der Waals surface area (Å²) in [5.74, 6) is 0. The highest BCUT2D eigenvalue weighted by atomic mass is 35.5. The van der Waals surface area contributed by atoms with E-state index >= 15 is 0 Å². The maximum atomic E-state index is 5.81. The van der Waals surface area contributed by atoms with Gasteiger partial charge in [0.25, 0.3) is 0 Å². The summed E-state index contributed by atoms with van der Waals surface area (Å²) in [6.07, 6.45) is 1.67. The third kappa shape index (κ3) is 3.33. The number of benzene rings is 1. The Morgan fingerprint density at radius 3 is 2.55 bits per heavy atom. The van der Waals surface area contributed by atoms with E-state index in [0.29, 0.717) is 0 Å². The second-order valence-electron chi connectivity index (χ2n) is 4.80. The first kappa shape index (κ1) is 13.5. The third-order valence-electron chi connectivity index (χ3n) is 3.39. The van der Waals surface area contributed by atoms with E-state index in [1.165, 1.54) is 5.56 Å². The first-order chi connectivity index (χ1) is 9.81. The van der Waals surface area contributed by atoms with E-state index < -0.39 is 0 Å². The summed E-state index contributed by atoms with van der Waals surface area (Å²) >= 11 is 5.81. The van der Waals surface area contributed by atoms with Crippen molar-refractivity contribution in [3.8, 4) is 11.3 Å². The summed E-state index contributed by atoms with van der Waals surface area (Å²) in [7, 11) is 0. The van der Waals surface area contributed by atoms with Gasteiger partial charge in [0.1, 0.15) is 0 Å². The van der Waals surface area contributed by atoms with Gasteiger partial charge < -0.3 is 4.74 Å². The molecule has 1 aliphatic heterocycles. The van der Waals surface area contributed by atoms with Crippen LogP contribution in [-0.4, -0.2) is 41.2 Å². The number of ether oxygens (including phenoxy) is 1. The Kier molecular flexibility index (Phi) is 4.25. The molecule has 0 amide bonds. The Labute approximate surface area is 123 Å². The molecule has 1 aromatic carbocycles. The maximum Gasteiger partial charge on any atom is 0.222 e. The molecule has 3 rings (SSSR count). The van der Waals surface area contributed by atoms with Crippen molar-refractivity contribution in [2.45, 2.75) is 6.54 Å². The van der Waals surface area contributed by atoms with Crippen LogP contribution in [0.5, 0.6) is 0 Å². The number of nitrogens with zero attached hydrogens (tertiary/aromatic N) is 3. The molecule has 0 spiro atoms. The van der Waals surface area contributed by atoms with Crippen LogP contribution in [0, 0.1) is 0 Å². The zero-order chi connectivity index (χ0) is 13.8. The summed E-state index contributed by atoms with van der Waals surface area (Å²) in [6.45, 7) is 4.63. The lowest BCUT2D eigenvalue weighted by atomic mass is 10.1. The second kappa shape index (κ2) is 6.31. The lowest BCUT2D eigenvalue weighted by Crippen LogP contribution is -2.35. The molecule has 1 saturated heterocycles. The fraction of sp³-hybridized carbons (Fsp3) is 0.333. The first-order valence-electron chi connectivity index (χ1n) is 6.69. The van der Waals surface area contributed by atoms with Gasteiger partial charge in [-0.15, -0.1) is 0 Å². The standard InChI is InChI=1S/C15H16ClN3O/c16-15-17-6-5-14(18-15)13-3-1-12(2-4-13)11-19-7-9-20-10-8-19/h1-6H,7-11H2. The van der Waals surface area contributed by atoms with E-state index in [0.717, 1.165) is 44.1 Å². The predicted octanol–water partition coefficient (Wildman–Crippen LogP) is 2.63. The largest absolute Gasteiger partial charge is 0.379 e. The molecule has 0 atom stereocenters. The molecule has 104 valence electrons. The van der Waals surface area contributed by atoms with Gasteiger partial charge in [0.15, 0.2) is 0 Å². The van der Waals surface area contributed by atoms with E-state index in [1.54, 1.807) is 6.20 Å². The fourth-order valence-corrected chi connectivity index (χ4v) is 2.44. The molecule has 1 aliphatic rings. The molecule has 0 radical (unpaired) electrons. The first-order valence-corrected chi connectivity index (χ1v) is 7.07. The zero-order valence-electron chi connectivity index (χ0n) is 11.1. The van der Waals surface area contributed by atoms with Gasteiger partial charge in [0, 0.05) is 31.4 Å². The van der Waals surface area contributed by atoms with E-state index in [4.69, 9.17) is 16.3 Å². The van der Waals surface area contributed by atoms with Gasteiger partial charge in [-0.1, -0.05) is 24.3 Å². The topological polar surface area (TPSA) is 38.2 Å². The third-order valence-corrected chi connectivity index (χ3v) is 3.57. The Hall–Kier alpha value is -1.49.